The van der Waals surface area contributed by atoms with Crippen LogP contribution in [-0.4, -0.2) is 40.0 Å². The number of aromatic amines is 1. The molecule has 6 heteroatoms. The zero-order chi connectivity index (χ0) is 15.8. The predicted octanol–water partition coefficient (Wildman–Crippen LogP) is 2.42. The highest BCUT2D eigenvalue weighted by atomic mass is 32.2. The summed E-state index contributed by atoms with van der Waals surface area (Å²) in [6, 6.07) is 8.14. The summed E-state index contributed by atoms with van der Waals surface area (Å²) in [6.07, 6.45) is 4.16. The third kappa shape index (κ3) is 5.11. The highest BCUT2D eigenvalue weighted by molar-refractivity contribution is 7.99. The molecule has 22 heavy (non-hydrogen) atoms. The number of nitrogens with one attached hydrogen (secondary N) is 2. The van der Waals surface area contributed by atoms with E-state index in [2.05, 4.69) is 16.4 Å². The van der Waals surface area contributed by atoms with Crippen LogP contribution in [0.25, 0.3) is 10.9 Å². The average Bonchev–Trinajstić information content (AvgIpc) is 2.90. The third-order valence-corrected chi connectivity index (χ3v) is 4.26. The minimum atomic E-state index is -0.824. The summed E-state index contributed by atoms with van der Waals surface area (Å²) in [5.74, 6) is -0.0949. The fraction of sp³-hybridized carbons (Fsp3) is 0.375. The van der Waals surface area contributed by atoms with E-state index in [-0.39, 0.29) is 11.7 Å². The molecule has 0 aliphatic carbocycles. The number of fused-ring (bicyclic) bond motifs is 1. The van der Waals surface area contributed by atoms with E-state index in [1.807, 2.05) is 24.4 Å². The first-order chi connectivity index (χ1) is 10.7. The van der Waals surface area contributed by atoms with Gasteiger partial charge in [0.25, 0.3) is 0 Å². The van der Waals surface area contributed by atoms with Crippen molar-refractivity contribution in [3.8, 4) is 0 Å². The van der Waals surface area contributed by atoms with Gasteiger partial charge in [0.05, 0.1) is 5.75 Å². The second kappa shape index (κ2) is 8.48. The molecule has 0 saturated heterocycles. The minimum Gasteiger partial charge on any atom is -0.481 e. The maximum Gasteiger partial charge on any atom is 0.313 e. The van der Waals surface area contributed by atoms with Crippen molar-refractivity contribution in [2.75, 3.05) is 18.1 Å². The molecule has 118 valence electrons. The Balaban J connectivity index is 1.64. The van der Waals surface area contributed by atoms with Gasteiger partial charge in [-0.3, -0.25) is 9.59 Å². The van der Waals surface area contributed by atoms with Gasteiger partial charge in [0, 0.05) is 35.8 Å². The lowest BCUT2D eigenvalue weighted by Crippen LogP contribution is -2.25. The normalized spacial score (nSPS) is 10.7. The fourth-order valence-electron chi connectivity index (χ4n) is 2.29. The van der Waals surface area contributed by atoms with Gasteiger partial charge in [-0.2, -0.15) is 0 Å². The molecule has 1 heterocycles. The number of carboxylic acids is 1. The van der Waals surface area contributed by atoms with Gasteiger partial charge in [0.2, 0.25) is 5.91 Å². The van der Waals surface area contributed by atoms with Gasteiger partial charge in [-0.15, -0.1) is 11.8 Å². The number of thioether (sulfide) groups is 1. The van der Waals surface area contributed by atoms with Gasteiger partial charge in [0.1, 0.15) is 0 Å². The Morgan fingerprint density at radius 2 is 2.09 bits per heavy atom. The topological polar surface area (TPSA) is 82.2 Å². The summed E-state index contributed by atoms with van der Waals surface area (Å²) in [5, 5.41) is 12.5. The molecule has 0 unspecified atom stereocenters. The van der Waals surface area contributed by atoms with E-state index in [0.29, 0.717) is 18.7 Å². The van der Waals surface area contributed by atoms with Crippen LogP contribution in [0.2, 0.25) is 0 Å². The molecule has 1 amide bonds. The first kappa shape index (κ1) is 16.4. The zero-order valence-electron chi connectivity index (χ0n) is 12.3. The van der Waals surface area contributed by atoms with Crippen LogP contribution < -0.4 is 5.32 Å². The fourth-order valence-corrected chi connectivity index (χ4v) is 2.85. The highest BCUT2D eigenvalue weighted by Gasteiger charge is 2.05. The molecule has 5 nitrogen and oxygen atoms in total. The Kier molecular flexibility index (Phi) is 6.33. The van der Waals surface area contributed by atoms with Gasteiger partial charge in [-0.1, -0.05) is 18.2 Å². The number of hydrogen-bond acceptors (Lipinski definition) is 3. The van der Waals surface area contributed by atoms with Crippen molar-refractivity contribution in [1.82, 2.24) is 10.3 Å². The lowest BCUT2D eigenvalue weighted by molar-refractivity contribution is -0.133. The summed E-state index contributed by atoms with van der Waals surface area (Å²) in [5.41, 5.74) is 2.36. The van der Waals surface area contributed by atoms with Crippen LogP contribution in [0.3, 0.4) is 0 Å². The van der Waals surface area contributed by atoms with Gasteiger partial charge < -0.3 is 15.4 Å². The van der Waals surface area contributed by atoms with E-state index in [1.54, 1.807) is 0 Å². The van der Waals surface area contributed by atoms with Crippen molar-refractivity contribution >= 4 is 34.5 Å². The molecule has 0 fully saturated rings. The van der Waals surface area contributed by atoms with E-state index >= 15 is 0 Å². The third-order valence-electron chi connectivity index (χ3n) is 3.32. The number of H-pyrrole nitrogens is 1. The SMILES string of the molecule is O=C(O)CSCCNC(=O)CCCc1c[nH]c2ccccc12. The number of aryl methyl sites for hydroxylation is 1. The number of aromatic nitrogens is 1. The second-order valence-electron chi connectivity index (χ2n) is 5.01. The largest absolute Gasteiger partial charge is 0.481 e. The van der Waals surface area contributed by atoms with Crippen molar-refractivity contribution in [1.29, 1.82) is 0 Å². The summed E-state index contributed by atoms with van der Waals surface area (Å²) >= 11 is 1.31. The van der Waals surface area contributed by atoms with Crippen LogP contribution in [0.5, 0.6) is 0 Å². The Labute approximate surface area is 133 Å². The number of hydrogen-bond donors (Lipinski definition) is 3. The maximum absolute atomic E-state index is 11.7. The summed E-state index contributed by atoms with van der Waals surface area (Å²) in [4.78, 5) is 25.3. The quantitative estimate of drug-likeness (QED) is 0.620. The van der Waals surface area contributed by atoms with Gasteiger partial charge in [0.15, 0.2) is 0 Å². The second-order valence-corrected chi connectivity index (χ2v) is 6.11. The van der Waals surface area contributed by atoms with Crippen molar-refractivity contribution in [3.05, 3.63) is 36.0 Å². The molecule has 0 aliphatic rings. The van der Waals surface area contributed by atoms with E-state index in [1.165, 1.54) is 22.7 Å². The predicted molar refractivity (Wildman–Crippen MR) is 89.2 cm³/mol. The molecule has 0 aliphatic heterocycles. The van der Waals surface area contributed by atoms with Gasteiger partial charge in [-0.05, 0) is 24.5 Å². The molecule has 2 aromatic rings. The number of amides is 1. The summed E-state index contributed by atoms with van der Waals surface area (Å²) in [7, 11) is 0. The first-order valence-electron chi connectivity index (χ1n) is 7.28. The number of benzene rings is 1. The number of aliphatic carboxylic acids is 1. The molecule has 0 spiro atoms. The van der Waals surface area contributed by atoms with Crippen molar-refractivity contribution in [2.24, 2.45) is 0 Å². The zero-order valence-corrected chi connectivity index (χ0v) is 13.1. The Hall–Kier alpha value is -1.95. The van der Waals surface area contributed by atoms with Crippen molar-refractivity contribution in [3.63, 3.8) is 0 Å². The van der Waals surface area contributed by atoms with E-state index in [4.69, 9.17) is 5.11 Å². The number of carbonyl (C=O) groups excluding carboxylic acids is 1. The molecule has 0 radical (unpaired) electrons. The first-order valence-corrected chi connectivity index (χ1v) is 8.43. The van der Waals surface area contributed by atoms with Crippen molar-refractivity contribution < 1.29 is 14.7 Å². The molecule has 1 aromatic carbocycles. The van der Waals surface area contributed by atoms with E-state index in [0.717, 1.165) is 18.4 Å². The smallest absolute Gasteiger partial charge is 0.313 e. The monoisotopic (exact) mass is 320 g/mol. The lowest BCUT2D eigenvalue weighted by Gasteiger charge is -2.04. The van der Waals surface area contributed by atoms with Crippen molar-refractivity contribution in [2.45, 2.75) is 19.3 Å². The van der Waals surface area contributed by atoms with Crippen LogP contribution in [0.1, 0.15) is 18.4 Å². The summed E-state index contributed by atoms with van der Waals surface area (Å²) in [6.45, 7) is 0.518. The number of para-hydroxylation sites is 1. The molecule has 2 rings (SSSR count). The molecule has 1 aromatic heterocycles. The Morgan fingerprint density at radius 1 is 1.27 bits per heavy atom. The van der Waals surface area contributed by atoms with Crippen LogP contribution in [0.4, 0.5) is 0 Å². The van der Waals surface area contributed by atoms with Crippen LogP contribution >= 0.6 is 11.8 Å². The molecule has 0 bridgehead atoms. The molecular formula is C16H20N2O3S. The Morgan fingerprint density at radius 3 is 2.91 bits per heavy atom. The number of carboxylic acid groups (broad SMARTS) is 1. The number of carbonyl (C=O) groups is 2. The Bertz CT molecular complexity index is 639. The van der Waals surface area contributed by atoms with Crippen LogP contribution in [-0.2, 0) is 16.0 Å². The highest BCUT2D eigenvalue weighted by Crippen LogP contribution is 2.19. The maximum atomic E-state index is 11.7. The average molecular weight is 320 g/mol. The molecule has 3 N–H and O–H groups in total. The van der Waals surface area contributed by atoms with Gasteiger partial charge in [-0.25, -0.2) is 0 Å². The minimum absolute atomic E-state index is 0.0239. The van der Waals surface area contributed by atoms with Gasteiger partial charge >= 0.3 is 5.97 Å². The molecule has 0 atom stereocenters. The molecule has 0 saturated carbocycles. The summed E-state index contributed by atoms with van der Waals surface area (Å²) < 4.78 is 0. The standard InChI is InChI=1S/C16H20N2O3S/c19-15(17-8-9-22-11-16(20)21)7-3-4-12-10-18-14-6-2-1-5-13(12)14/h1-2,5-6,10,18H,3-4,7-9,11H2,(H,17,19)(H,20,21). The van der Waals surface area contributed by atoms with E-state index in [9.17, 15) is 9.59 Å². The molecular weight excluding hydrogens is 300 g/mol. The lowest BCUT2D eigenvalue weighted by atomic mass is 10.1. The van der Waals surface area contributed by atoms with E-state index < -0.39 is 5.97 Å². The number of rotatable bonds is 9. The van der Waals surface area contributed by atoms with Crippen LogP contribution in [0, 0.1) is 0 Å². The van der Waals surface area contributed by atoms with Crippen LogP contribution in [0.15, 0.2) is 30.5 Å².